The summed E-state index contributed by atoms with van der Waals surface area (Å²) < 4.78 is 61.9. The van der Waals surface area contributed by atoms with E-state index in [1.165, 1.54) is 30.3 Å². The SMILES string of the molecule is COc1ncc(-c2ccc3ncn(-c4ccccc4)c(=O)c3c2)cc1NS(=O)(=O)c1ccc(F)cc1F. The number of fused-ring (bicyclic) bond motifs is 1. The number of benzene rings is 3. The van der Waals surface area contributed by atoms with E-state index in [9.17, 15) is 22.0 Å². The molecule has 0 aliphatic carbocycles. The number of anilines is 1. The summed E-state index contributed by atoms with van der Waals surface area (Å²) in [4.78, 5) is 21.0. The van der Waals surface area contributed by atoms with Crippen LogP contribution in [0.5, 0.6) is 5.88 Å². The summed E-state index contributed by atoms with van der Waals surface area (Å²) in [6.45, 7) is 0. The van der Waals surface area contributed by atoms with E-state index in [1.54, 1.807) is 30.3 Å². The summed E-state index contributed by atoms with van der Waals surface area (Å²) >= 11 is 0. The molecule has 11 heteroatoms. The van der Waals surface area contributed by atoms with Gasteiger partial charge >= 0.3 is 0 Å². The van der Waals surface area contributed by atoms with E-state index in [2.05, 4.69) is 14.7 Å². The van der Waals surface area contributed by atoms with Gasteiger partial charge in [0, 0.05) is 17.8 Å². The van der Waals surface area contributed by atoms with Crippen LogP contribution >= 0.6 is 0 Å². The maximum Gasteiger partial charge on any atom is 0.265 e. The van der Waals surface area contributed by atoms with Crippen molar-refractivity contribution in [1.82, 2.24) is 14.5 Å². The number of aromatic nitrogens is 3. The summed E-state index contributed by atoms with van der Waals surface area (Å²) in [6.07, 6.45) is 2.90. The van der Waals surface area contributed by atoms with Crippen molar-refractivity contribution in [2.75, 3.05) is 11.8 Å². The van der Waals surface area contributed by atoms with Crippen LogP contribution < -0.4 is 15.0 Å². The van der Waals surface area contributed by atoms with Crippen LogP contribution in [0.1, 0.15) is 0 Å². The summed E-state index contributed by atoms with van der Waals surface area (Å²) in [5, 5.41) is 0.343. The van der Waals surface area contributed by atoms with Gasteiger partial charge in [-0.05, 0) is 48.0 Å². The molecule has 8 nitrogen and oxygen atoms in total. The molecule has 2 heterocycles. The number of nitrogens with zero attached hydrogens (tertiary/aromatic N) is 3. The summed E-state index contributed by atoms with van der Waals surface area (Å²) in [6, 6.07) is 17.6. The molecule has 0 aliphatic heterocycles. The molecule has 0 bridgehead atoms. The second-order valence-electron chi connectivity index (χ2n) is 7.95. The number of halogens is 2. The number of methoxy groups -OCH3 is 1. The summed E-state index contributed by atoms with van der Waals surface area (Å²) in [5.41, 5.74) is 1.79. The topological polar surface area (TPSA) is 103 Å². The maximum atomic E-state index is 14.2. The zero-order valence-corrected chi connectivity index (χ0v) is 20.0. The van der Waals surface area contributed by atoms with Crippen molar-refractivity contribution in [2.24, 2.45) is 0 Å². The number of nitrogens with one attached hydrogen (secondary N) is 1. The highest BCUT2D eigenvalue weighted by molar-refractivity contribution is 7.92. The smallest absolute Gasteiger partial charge is 0.265 e. The largest absolute Gasteiger partial charge is 0.480 e. The van der Waals surface area contributed by atoms with Crippen molar-refractivity contribution in [1.29, 1.82) is 0 Å². The van der Waals surface area contributed by atoms with Crippen LogP contribution in [0.15, 0.2) is 95.0 Å². The van der Waals surface area contributed by atoms with Crippen LogP contribution in [-0.2, 0) is 10.0 Å². The van der Waals surface area contributed by atoms with Gasteiger partial charge in [-0.3, -0.25) is 14.1 Å². The maximum absolute atomic E-state index is 14.2. The standard InChI is InChI=1S/C26H18F2N4O4S/c1-36-25-23(31-37(34,35)24-10-8-18(27)13-21(24)28)12-17(14-29-25)16-7-9-22-20(11-16)26(33)32(15-30-22)19-5-3-2-4-6-19/h2-15,31H,1H3. The lowest BCUT2D eigenvalue weighted by molar-refractivity contribution is 0.400. The number of rotatable bonds is 6. The van der Waals surface area contributed by atoms with Crippen LogP contribution in [0.3, 0.4) is 0 Å². The zero-order valence-electron chi connectivity index (χ0n) is 19.2. The molecule has 0 fully saturated rings. The summed E-state index contributed by atoms with van der Waals surface area (Å²) in [5.74, 6) is -2.22. The normalized spacial score (nSPS) is 11.4. The second kappa shape index (κ2) is 9.43. The van der Waals surface area contributed by atoms with Gasteiger partial charge in [0.05, 0.1) is 23.7 Å². The second-order valence-corrected chi connectivity index (χ2v) is 9.60. The Kier molecular flexibility index (Phi) is 6.14. The molecule has 0 saturated heterocycles. The third kappa shape index (κ3) is 4.64. The monoisotopic (exact) mass is 520 g/mol. The van der Waals surface area contributed by atoms with E-state index < -0.39 is 26.6 Å². The average Bonchev–Trinajstić information content (AvgIpc) is 2.89. The number of hydrogen-bond donors (Lipinski definition) is 1. The van der Waals surface area contributed by atoms with E-state index in [-0.39, 0.29) is 17.1 Å². The molecule has 0 aliphatic rings. The molecule has 0 atom stereocenters. The van der Waals surface area contributed by atoms with Gasteiger partial charge in [0.25, 0.3) is 15.6 Å². The van der Waals surface area contributed by atoms with Crippen molar-refractivity contribution in [3.63, 3.8) is 0 Å². The fourth-order valence-corrected chi connectivity index (χ4v) is 4.92. The van der Waals surface area contributed by atoms with Gasteiger partial charge in [0.15, 0.2) is 0 Å². The van der Waals surface area contributed by atoms with Crippen LogP contribution in [0, 0.1) is 11.6 Å². The first-order valence-electron chi connectivity index (χ1n) is 10.9. The molecule has 3 aromatic carbocycles. The van der Waals surface area contributed by atoms with Crippen LogP contribution in [0.4, 0.5) is 14.5 Å². The van der Waals surface area contributed by atoms with E-state index >= 15 is 0 Å². The Morgan fingerprint density at radius 3 is 2.43 bits per heavy atom. The van der Waals surface area contributed by atoms with Gasteiger partial charge in [-0.2, -0.15) is 0 Å². The van der Waals surface area contributed by atoms with Crippen molar-refractivity contribution >= 4 is 26.6 Å². The first-order valence-corrected chi connectivity index (χ1v) is 12.3. The lowest BCUT2D eigenvalue weighted by Crippen LogP contribution is -2.18. The van der Waals surface area contributed by atoms with Gasteiger partial charge in [-0.25, -0.2) is 27.2 Å². The molecular formula is C26H18F2N4O4S. The molecule has 37 heavy (non-hydrogen) atoms. The molecule has 1 N–H and O–H groups in total. The Morgan fingerprint density at radius 1 is 0.919 bits per heavy atom. The minimum Gasteiger partial charge on any atom is -0.480 e. The summed E-state index contributed by atoms with van der Waals surface area (Å²) in [7, 11) is -3.15. The van der Waals surface area contributed by atoms with Crippen LogP contribution in [-0.4, -0.2) is 30.1 Å². The number of ether oxygens (including phenoxy) is 1. The Morgan fingerprint density at radius 2 is 1.70 bits per heavy atom. The average molecular weight is 521 g/mol. The molecule has 5 rings (SSSR count). The first kappa shape index (κ1) is 24.1. The minimum absolute atomic E-state index is 0.0660. The fourth-order valence-electron chi connectivity index (χ4n) is 3.81. The Hall–Kier alpha value is -4.64. The van der Waals surface area contributed by atoms with E-state index in [0.717, 1.165) is 12.1 Å². The van der Waals surface area contributed by atoms with E-state index in [1.807, 2.05) is 18.2 Å². The molecule has 0 unspecified atom stereocenters. The van der Waals surface area contributed by atoms with Gasteiger partial charge in [-0.15, -0.1) is 0 Å². The number of pyridine rings is 1. The molecule has 0 spiro atoms. The van der Waals surface area contributed by atoms with Crippen molar-refractivity contribution in [3.8, 4) is 22.7 Å². The molecule has 0 amide bonds. The number of hydrogen-bond acceptors (Lipinski definition) is 6. The highest BCUT2D eigenvalue weighted by Gasteiger charge is 2.22. The first-order chi connectivity index (χ1) is 17.8. The predicted octanol–water partition coefficient (Wildman–Crippen LogP) is 4.54. The third-order valence-electron chi connectivity index (χ3n) is 5.60. The molecule has 186 valence electrons. The van der Waals surface area contributed by atoms with Crippen molar-refractivity contribution in [2.45, 2.75) is 4.90 Å². The van der Waals surface area contributed by atoms with Gasteiger partial charge < -0.3 is 4.74 Å². The Bertz CT molecular complexity index is 1810. The Labute approximate surface area is 209 Å². The fraction of sp³-hybridized carbons (Fsp3) is 0.0385. The lowest BCUT2D eigenvalue weighted by atomic mass is 10.1. The number of para-hydroxylation sites is 1. The molecule has 0 saturated carbocycles. The van der Waals surface area contributed by atoms with Crippen LogP contribution in [0.25, 0.3) is 27.7 Å². The van der Waals surface area contributed by atoms with Gasteiger partial charge in [-0.1, -0.05) is 24.3 Å². The van der Waals surface area contributed by atoms with Crippen LogP contribution in [0.2, 0.25) is 0 Å². The third-order valence-corrected chi connectivity index (χ3v) is 7.00. The van der Waals surface area contributed by atoms with Crippen molar-refractivity contribution in [3.05, 3.63) is 107 Å². The van der Waals surface area contributed by atoms with E-state index in [4.69, 9.17) is 4.74 Å². The van der Waals surface area contributed by atoms with Crippen molar-refractivity contribution < 1.29 is 21.9 Å². The highest BCUT2D eigenvalue weighted by Crippen LogP contribution is 2.31. The molecule has 5 aromatic rings. The minimum atomic E-state index is -4.44. The highest BCUT2D eigenvalue weighted by atomic mass is 32.2. The predicted molar refractivity (Wildman–Crippen MR) is 134 cm³/mol. The molecule has 0 radical (unpaired) electrons. The molecule has 2 aromatic heterocycles. The van der Waals surface area contributed by atoms with Gasteiger partial charge in [0.2, 0.25) is 5.88 Å². The van der Waals surface area contributed by atoms with E-state index in [0.29, 0.717) is 33.8 Å². The lowest BCUT2D eigenvalue weighted by Gasteiger charge is -2.13. The quantitative estimate of drug-likeness (QED) is 0.353. The van der Waals surface area contributed by atoms with Gasteiger partial charge in [0.1, 0.15) is 28.5 Å². The Balaban J connectivity index is 1.57. The zero-order chi connectivity index (χ0) is 26.2. The molecular weight excluding hydrogens is 502 g/mol. The number of sulfonamides is 1.